The van der Waals surface area contributed by atoms with Gasteiger partial charge in [-0.15, -0.1) is 0 Å². The van der Waals surface area contributed by atoms with Crippen LogP contribution in [0.2, 0.25) is 0 Å². The van der Waals surface area contributed by atoms with Crippen LogP contribution in [0.1, 0.15) is 61.4 Å². The highest BCUT2D eigenvalue weighted by atomic mass is 19.3. The fourth-order valence-corrected chi connectivity index (χ4v) is 3.79. The Bertz CT molecular complexity index is 883. The lowest BCUT2D eigenvalue weighted by Gasteiger charge is -2.30. The van der Waals surface area contributed by atoms with E-state index in [1.807, 2.05) is 13.8 Å². The van der Waals surface area contributed by atoms with Crippen LogP contribution >= 0.6 is 0 Å². The number of pyridine rings is 1. The van der Waals surface area contributed by atoms with Crippen molar-refractivity contribution >= 4 is 16.8 Å². The second kappa shape index (κ2) is 9.66. The molecule has 1 aliphatic carbocycles. The van der Waals surface area contributed by atoms with E-state index in [1.54, 1.807) is 12.1 Å². The molecule has 1 heterocycles. The number of nitrogens with two attached hydrogens (primary N) is 1. The van der Waals surface area contributed by atoms with Gasteiger partial charge in [-0.25, -0.2) is 0 Å². The minimum Gasteiger partial charge on any atom is -0.434 e. The van der Waals surface area contributed by atoms with Crippen LogP contribution in [0.15, 0.2) is 24.4 Å². The fraction of sp³-hybridized carbons (Fsp3) is 0.545. The van der Waals surface area contributed by atoms with Gasteiger partial charge in [0.2, 0.25) is 5.91 Å². The van der Waals surface area contributed by atoms with Crippen molar-refractivity contribution in [3.8, 4) is 5.75 Å². The zero-order valence-corrected chi connectivity index (χ0v) is 17.2. The zero-order chi connectivity index (χ0) is 21.8. The number of carbonyl (C=O) groups excluding carboxylic acids is 1. The average molecular weight is 422 g/mol. The van der Waals surface area contributed by atoms with Crippen LogP contribution in [0.5, 0.6) is 5.75 Å². The Morgan fingerprint density at radius 3 is 2.53 bits per heavy atom. The van der Waals surface area contributed by atoms with E-state index in [1.165, 1.54) is 12.3 Å². The van der Waals surface area contributed by atoms with E-state index in [9.17, 15) is 18.7 Å². The summed E-state index contributed by atoms with van der Waals surface area (Å²) in [5.74, 6) is -0.335. The molecule has 1 aromatic carbocycles. The van der Waals surface area contributed by atoms with Crippen LogP contribution in [0.3, 0.4) is 0 Å². The number of hydrogen-bond acceptors (Lipinski definition) is 5. The van der Waals surface area contributed by atoms with Crippen molar-refractivity contribution in [2.24, 2.45) is 11.7 Å². The first-order valence-electron chi connectivity index (χ1n) is 10.2. The van der Waals surface area contributed by atoms with Crippen molar-refractivity contribution in [2.45, 2.75) is 64.3 Å². The number of fused-ring (bicyclic) bond motifs is 1. The molecular weight excluding hydrogens is 394 g/mol. The Hall–Kier alpha value is -2.32. The first-order chi connectivity index (χ1) is 14.2. The van der Waals surface area contributed by atoms with Gasteiger partial charge in [0.1, 0.15) is 5.75 Å². The summed E-state index contributed by atoms with van der Waals surface area (Å²) < 4.78 is 36.6. The monoisotopic (exact) mass is 422 g/mol. The van der Waals surface area contributed by atoms with Gasteiger partial charge >= 0.3 is 6.61 Å². The van der Waals surface area contributed by atoms with Crippen LogP contribution in [0, 0.1) is 5.92 Å². The number of aromatic nitrogens is 1. The standard InChI is InChI=1S/C22H28F2N2O4/c1-12(2)19(27)11-29-16-5-3-13(4-6-16)17-8-14-7-15(21(25)28)10-26-18(14)9-20(17)30-22(23)24/h7-10,12-13,16,19,22,27H,3-6,11H2,1-2H3,(H2,25,28). The second-order valence-corrected chi connectivity index (χ2v) is 8.17. The van der Waals surface area contributed by atoms with Gasteiger partial charge in [0.25, 0.3) is 0 Å². The quantitative estimate of drug-likeness (QED) is 0.671. The summed E-state index contributed by atoms with van der Waals surface area (Å²) in [5.41, 5.74) is 6.72. The molecule has 2 aromatic rings. The van der Waals surface area contributed by atoms with Crippen molar-refractivity contribution in [3.63, 3.8) is 0 Å². The number of alkyl halides is 2. The number of nitrogens with zero attached hydrogens (tertiary/aromatic N) is 1. The zero-order valence-electron chi connectivity index (χ0n) is 17.2. The van der Waals surface area contributed by atoms with Gasteiger partial charge < -0.3 is 20.3 Å². The number of hydrogen-bond donors (Lipinski definition) is 2. The normalized spacial score (nSPS) is 20.6. The van der Waals surface area contributed by atoms with Gasteiger partial charge in [-0.05, 0) is 55.2 Å². The molecule has 0 saturated heterocycles. The molecule has 164 valence electrons. The highest BCUT2D eigenvalue weighted by Crippen LogP contribution is 2.40. The molecule has 6 nitrogen and oxygen atoms in total. The van der Waals surface area contributed by atoms with E-state index in [-0.39, 0.29) is 29.3 Å². The molecule has 1 atom stereocenters. The third-order valence-corrected chi connectivity index (χ3v) is 5.70. The van der Waals surface area contributed by atoms with Gasteiger partial charge in [-0.3, -0.25) is 9.78 Å². The van der Waals surface area contributed by atoms with Gasteiger partial charge in [0, 0.05) is 17.6 Å². The van der Waals surface area contributed by atoms with Crippen LogP contribution in [-0.4, -0.2) is 41.4 Å². The molecule has 0 aliphatic heterocycles. The Morgan fingerprint density at radius 1 is 1.23 bits per heavy atom. The van der Waals surface area contributed by atoms with E-state index >= 15 is 0 Å². The minimum atomic E-state index is -2.94. The highest BCUT2D eigenvalue weighted by Gasteiger charge is 2.27. The highest BCUT2D eigenvalue weighted by molar-refractivity contribution is 5.96. The van der Waals surface area contributed by atoms with Crippen LogP contribution < -0.4 is 10.5 Å². The minimum absolute atomic E-state index is 0.0234. The van der Waals surface area contributed by atoms with E-state index in [4.69, 9.17) is 15.2 Å². The lowest BCUT2D eigenvalue weighted by atomic mass is 9.82. The van der Waals surface area contributed by atoms with Gasteiger partial charge in [0.15, 0.2) is 0 Å². The van der Waals surface area contributed by atoms with Crippen molar-refractivity contribution in [1.29, 1.82) is 0 Å². The van der Waals surface area contributed by atoms with Crippen molar-refractivity contribution in [2.75, 3.05) is 6.61 Å². The third kappa shape index (κ3) is 5.43. The molecule has 1 unspecified atom stereocenters. The predicted octanol–water partition coefficient (Wildman–Crippen LogP) is 3.99. The molecule has 3 N–H and O–H groups in total. The average Bonchev–Trinajstić information content (AvgIpc) is 2.71. The molecule has 30 heavy (non-hydrogen) atoms. The molecule has 1 amide bonds. The molecule has 1 saturated carbocycles. The van der Waals surface area contributed by atoms with Gasteiger partial charge in [-0.2, -0.15) is 8.78 Å². The first-order valence-corrected chi connectivity index (χ1v) is 10.2. The predicted molar refractivity (Wildman–Crippen MR) is 109 cm³/mol. The number of aliphatic hydroxyl groups excluding tert-OH is 1. The Kier molecular flexibility index (Phi) is 7.20. The maximum absolute atomic E-state index is 13.0. The summed E-state index contributed by atoms with van der Waals surface area (Å²) in [6, 6.07) is 4.87. The summed E-state index contributed by atoms with van der Waals surface area (Å²) in [6.45, 7) is 1.23. The SMILES string of the molecule is CC(C)C(O)COC1CCC(c2cc3cc(C(N)=O)cnc3cc2OC(F)F)CC1. The lowest BCUT2D eigenvalue weighted by Crippen LogP contribution is -2.28. The third-order valence-electron chi connectivity index (χ3n) is 5.70. The van der Waals surface area contributed by atoms with E-state index < -0.39 is 18.6 Å². The molecule has 0 spiro atoms. The number of halogens is 2. The molecule has 0 radical (unpaired) electrons. The Balaban J connectivity index is 1.79. The van der Waals surface area contributed by atoms with Crippen LogP contribution in [0.4, 0.5) is 8.78 Å². The van der Waals surface area contributed by atoms with Crippen molar-refractivity contribution < 1.29 is 28.2 Å². The number of carbonyl (C=O) groups is 1. The number of aliphatic hydroxyl groups is 1. The first kappa shape index (κ1) is 22.4. The molecule has 3 rings (SSSR count). The van der Waals surface area contributed by atoms with Gasteiger partial charge in [-0.1, -0.05) is 13.8 Å². The molecule has 1 fully saturated rings. The molecular formula is C22H28F2N2O4. The number of primary amides is 1. The topological polar surface area (TPSA) is 94.7 Å². The molecule has 8 heteroatoms. The van der Waals surface area contributed by atoms with Crippen LogP contribution in [-0.2, 0) is 4.74 Å². The number of ether oxygens (including phenoxy) is 2. The van der Waals surface area contributed by atoms with E-state index in [0.29, 0.717) is 23.1 Å². The van der Waals surface area contributed by atoms with E-state index in [2.05, 4.69) is 4.98 Å². The molecule has 0 bridgehead atoms. The summed E-state index contributed by atoms with van der Waals surface area (Å²) in [6.07, 6.45) is 3.89. The fourth-order valence-electron chi connectivity index (χ4n) is 3.79. The lowest BCUT2D eigenvalue weighted by molar-refractivity contribution is -0.0516. The van der Waals surface area contributed by atoms with Crippen LogP contribution in [0.25, 0.3) is 10.9 Å². The number of amides is 1. The molecule has 1 aliphatic rings. The Morgan fingerprint density at radius 2 is 1.93 bits per heavy atom. The smallest absolute Gasteiger partial charge is 0.387 e. The van der Waals surface area contributed by atoms with Crippen molar-refractivity contribution in [3.05, 3.63) is 35.5 Å². The second-order valence-electron chi connectivity index (χ2n) is 8.17. The maximum Gasteiger partial charge on any atom is 0.387 e. The van der Waals surface area contributed by atoms with Gasteiger partial charge in [0.05, 0.1) is 29.9 Å². The summed E-state index contributed by atoms with van der Waals surface area (Å²) in [4.78, 5) is 15.6. The maximum atomic E-state index is 13.0. The number of rotatable bonds is 8. The number of benzene rings is 1. The summed E-state index contributed by atoms with van der Waals surface area (Å²) in [7, 11) is 0. The summed E-state index contributed by atoms with van der Waals surface area (Å²) in [5, 5.41) is 10.6. The summed E-state index contributed by atoms with van der Waals surface area (Å²) >= 11 is 0. The molecule has 1 aromatic heterocycles. The van der Waals surface area contributed by atoms with Crippen molar-refractivity contribution in [1.82, 2.24) is 4.98 Å². The largest absolute Gasteiger partial charge is 0.434 e. The Labute approximate surface area is 174 Å². The van der Waals surface area contributed by atoms with E-state index in [0.717, 1.165) is 25.7 Å².